The lowest BCUT2D eigenvalue weighted by atomic mass is 9.96. The predicted molar refractivity (Wildman–Crippen MR) is 75.0 cm³/mol. The molecule has 104 valence electrons. The van der Waals surface area contributed by atoms with Crippen LogP contribution in [0.4, 0.5) is 0 Å². The lowest BCUT2D eigenvalue weighted by Crippen LogP contribution is -2.13. The number of carboxylic acid groups (broad SMARTS) is 1. The largest absolute Gasteiger partial charge is 0.489 e. The van der Waals surface area contributed by atoms with E-state index in [1.807, 2.05) is 13.0 Å². The van der Waals surface area contributed by atoms with Crippen molar-refractivity contribution in [3.8, 4) is 11.5 Å². The molecule has 0 saturated heterocycles. The quantitative estimate of drug-likeness (QED) is 0.925. The molecule has 0 radical (unpaired) electrons. The summed E-state index contributed by atoms with van der Waals surface area (Å²) < 4.78 is 12.2. The van der Waals surface area contributed by atoms with Crippen LogP contribution < -0.4 is 9.47 Å². The Kier molecular flexibility index (Phi) is 4.34. The molecule has 1 aliphatic rings. The second kappa shape index (κ2) is 5.82. The van der Waals surface area contributed by atoms with Crippen molar-refractivity contribution >= 4 is 21.9 Å². The highest BCUT2D eigenvalue weighted by molar-refractivity contribution is 9.10. The van der Waals surface area contributed by atoms with Gasteiger partial charge in [0.05, 0.1) is 23.6 Å². The van der Waals surface area contributed by atoms with Crippen LogP contribution in [-0.4, -0.2) is 24.3 Å². The highest BCUT2D eigenvalue weighted by atomic mass is 79.9. The third kappa shape index (κ3) is 3.03. The van der Waals surface area contributed by atoms with Crippen LogP contribution in [-0.2, 0) is 11.2 Å². The zero-order valence-electron chi connectivity index (χ0n) is 11.0. The summed E-state index contributed by atoms with van der Waals surface area (Å²) in [5, 5.41) is 9.02. The number of carbonyl (C=O) groups is 1. The third-order valence-electron chi connectivity index (χ3n) is 3.28. The van der Waals surface area contributed by atoms with Crippen molar-refractivity contribution in [2.45, 2.75) is 26.7 Å². The van der Waals surface area contributed by atoms with E-state index in [9.17, 15) is 4.79 Å². The van der Waals surface area contributed by atoms with Crippen LogP contribution in [0.15, 0.2) is 10.5 Å². The van der Waals surface area contributed by atoms with Gasteiger partial charge in [-0.25, -0.2) is 0 Å². The van der Waals surface area contributed by atoms with E-state index in [2.05, 4.69) is 15.9 Å². The Labute approximate surface area is 120 Å². The van der Waals surface area contributed by atoms with Crippen LogP contribution in [0.1, 0.15) is 24.5 Å². The summed E-state index contributed by atoms with van der Waals surface area (Å²) in [6.07, 6.45) is 1.33. The minimum absolute atomic E-state index is 0.421. The molecular weight excluding hydrogens is 312 g/mol. The molecule has 1 heterocycles. The first kappa shape index (κ1) is 14.2. The van der Waals surface area contributed by atoms with Crippen molar-refractivity contribution < 1.29 is 19.4 Å². The normalized spacial score (nSPS) is 15.7. The number of halogens is 1. The summed E-state index contributed by atoms with van der Waals surface area (Å²) >= 11 is 3.48. The van der Waals surface area contributed by atoms with Gasteiger partial charge in [0.2, 0.25) is 0 Å². The molecule has 5 heteroatoms. The van der Waals surface area contributed by atoms with Gasteiger partial charge in [0.25, 0.3) is 0 Å². The molecule has 0 aliphatic carbocycles. The highest BCUT2D eigenvalue weighted by Gasteiger charge is 2.21. The number of ether oxygens (including phenoxy) is 2. The second-order valence-corrected chi connectivity index (χ2v) is 5.65. The van der Waals surface area contributed by atoms with Gasteiger partial charge < -0.3 is 14.6 Å². The molecule has 1 aromatic rings. The smallest absolute Gasteiger partial charge is 0.306 e. The SMILES string of the molecule is Cc1c(CC(C)C(=O)O)cc(Br)c2c1OCCCO2. The van der Waals surface area contributed by atoms with Gasteiger partial charge in [-0.15, -0.1) is 0 Å². The Morgan fingerprint density at radius 1 is 1.42 bits per heavy atom. The summed E-state index contributed by atoms with van der Waals surface area (Å²) in [4.78, 5) is 11.0. The molecule has 0 bridgehead atoms. The van der Waals surface area contributed by atoms with Crippen LogP contribution in [0, 0.1) is 12.8 Å². The lowest BCUT2D eigenvalue weighted by molar-refractivity contribution is -0.141. The number of carboxylic acids is 1. The Morgan fingerprint density at radius 2 is 2.05 bits per heavy atom. The van der Waals surface area contributed by atoms with Crippen LogP contribution >= 0.6 is 15.9 Å². The van der Waals surface area contributed by atoms with Gasteiger partial charge in [-0.05, 0) is 46.5 Å². The fourth-order valence-corrected chi connectivity index (χ4v) is 2.67. The van der Waals surface area contributed by atoms with E-state index in [4.69, 9.17) is 14.6 Å². The van der Waals surface area contributed by atoms with E-state index in [0.29, 0.717) is 19.6 Å². The van der Waals surface area contributed by atoms with Crippen molar-refractivity contribution in [1.82, 2.24) is 0 Å². The molecule has 2 rings (SSSR count). The topological polar surface area (TPSA) is 55.8 Å². The molecule has 0 amide bonds. The summed E-state index contributed by atoms with van der Waals surface area (Å²) in [5.41, 5.74) is 1.94. The summed E-state index contributed by atoms with van der Waals surface area (Å²) in [7, 11) is 0. The minimum atomic E-state index is -0.789. The first-order valence-electron chi connectivity index (χ1n) is 6.31. The zero-order chi connectivity index (χ0) is 14.0. The van der Waals surface area contributed by atoms with E-state index in [1.54, 1.807) is 6.92 Å². The zero-order valence-corrected chi connectivity index (χ0v) is 12.6. The maximum atomic E-state index is 11.0. The molecule has 1 atom stereocenters. The van der Waals surface area contributed by atoms with Crippen LogP contribution in [0.2, 0.25) is 0 Å². The van der Waals surface area contributed by atoms with E-state index in [1.165, 1.54) is 0 Å². The van der Waals surface area contributed by atoms with Gasteiger partial charge in [0.1, 0.15) is 0 Å². The Balaban J connectivity index is 2.38. The number of hydrogen-bond donors (Lipinski definition) is 1. The first-order chi connectivity index (χ1) is 9.00. The maximum Gasteiger partial charge on any atom is 0.306 e. The molecule has 19 heavy (non-hydrogen) atoms. The van der Waals surface area contributed by atoms with E-state index >= 15 is 0 Å². The summed E-state index contributed by atoms with van der Waals surface area (Å²) in [5.74, 6) is 0.249. The van der Waals surface area contributed by atoms with Gasteiger partial charge >= 0.3 is 5.97 Å². The predicted octanol–water partition coefficient (Wildman–Crippen LogP) is 3.18. The van der Waals surface area contributed by atoms with Gasteiger partial charge in [0, 0.05) is 6.42 Å². The number of benzene rings is 1. The first-order valence-corrected chi connectivity index (χ1v) is 7.10. The highest BCUT2D eigenvalue weighted by Crippen LogP contribution is 2.42. The van der Waals surface area contributed by atoms with Crippen molar-refractivity contribution in [3.63, 3.8) is 0 Å². The standard InChI is InChI=1S/C14H17BrO4/c1-8(14(16)17)6-10-7-11(15)13-12(9(10)2)18-4-3-5-19-13/h7-8H,3-6H2,1-2H3,(H,16,17). The van der Waals surface area contributed by atoms with Gasteiger partial charge in [-0.2, -0.15) is 0 Å². The molecule has 1 unspecified atom stereocenters. The molecule has 1 N–H and O–H groups in total. The summed E-state index contributed by atoms with van der Waals surface area (Å²) in [6.45, 7) is 4.91. The Hall–Kier alpha value is -1.23. The molecule has 0 aromatic heterocycles. The molecule has 1 aromatic carbocycles. The van der Waals surface area contributed by atoms with Crippen molar-refractivity contribution in [2.75, 3.05) is 13.2 Å². The molecule has 0 spiro atoms. The lowest BCUT2D eigenvalue weighted by Gasteiger charge is -2.17. The van der Waals surface area contributed by atoms with Crippen molar-refractivity contribution in [1.29, 1.82) is 0 Å². The molecule has 4 nitrogen and oxygen atoms in total. The van der Waals surface area contributed by atoms with Gasteiger partial charge in [0.15, 0.2) is 11.5 Å². The number of fused-ring (bicyclic) bond motifs is 1. The maximum absolute atomic E-state index is 11.0. The van der Waals surface area contributed by atoms with E-state index in [0.717, 1.165) is 33.5 Å². The number of rotatable bonds is 3. The molecular formula is C14H17BrO4. The monoisotopic (exact) mass is 328 g/mol. The van der Waals surface area contributed by atoms with E-state index in [-0.39, 0.29) is 0 Å². The van der Waals surface area contributed by atoms with Crippen LogP contribution in [0.5, 0.6) is 11.5 Å². The molecule has 0 fully saturated rings. The average Bonchev–Trinajstić information content (AvgIpc) is 2.61. The minimum Gasteiger partial charge on any atom is -0.489 e. The fourth-order valence-electron chi connectivity index (χ4n) is 2.10. The summed E-state index contributed by atoms with van der Waals surface area (Å²) in [6, 6.07) is 1.93. The Morgan fingerprint density at radius 3 is 2.68 bits per heavy atom. The number of aliphatic carboxylic acids is 1. The van der Waals surface area contributed by atoms with Gasteiger partial charge in [-0.3, -0.25) is 4.79 Å². The van der Waals surface area contributed by atoms with Crippen molar-refractivity contribution in [3.05, 3.63) is 21.7 Å². The average molecular weight is 329 g/mol. The van der Waals surface area contributed by atoms with Crippen molar-refractivity contribution in [2.24, 2.45) is 5.92 Å². The van der Waals surface area contributed by atoms with Crippen LogP contribution in [0.3, 0.4) is 0 Å². The molecule has 0 saturated carbocycles. The molecule has 1 aliphatic heterocycles. The van der Waals surface area contributed by atoms with E-state index < -0.39 is 11.9 Å². The third-order valence-corrected chi connectivity index (χ3v) is 3.86. The Bertz CT molecular complexity index is 499. The van der Waals surface area contributed by atoms with Crippen LogP contribution in [0.25, 0.3) is 0 Å². The number of hydrogen-bond acceptors (Lipinski definition) is 3. The second-order valence-electron chi connectivity index (χ2n) is 4.79. The van der Waals surface area contributed by atoms with Gasteiger partial charge in [-0.1, -0.05) is 6.92 Å². The fraction of sp³-hybridized carbons (Fsp3) is 0.500.